The number of nitrogens with one attached hydrogen (secondary N) is 2. The SMILES string of the molecule is O=C(COc1ccc(Cl)c(F)c1)NC[C@@H](O)CCNC(=O)c1cnc(C(F)F)cn1. The van der Waals surface area contributed by atoms with E-state index in [2.05, 4.69) is 20.6 Å². The van der Waals surface area contributed by atoms with E-state index in [1.54, 1.807) is 0 Å². The number of carbonyl (C=O) groups is 2. The van der Waals surface area contributed by atoms with Gasteiger partial charge in [0, 0.05) is 19.2 Å². The Morgan fingerprint density at radius 2 is 1.97 bits per heavy atom. The van der Waals surface area contributed by atoms with Crippen LogP contribution in [0.5, 0.6) is 5.75 Å². The number of aliphatic hydroxyl groups is 1. The number of aromatic nitrogens is 2. The lowest BCUT2D eigenvalue weighted by Gasteiger charge is -2.13. The number of amides is 2. The lowest BCUT2D eigenvalue weighted by Crippen LogP contribution is -2.37. The summed E-state index contributed by atoms with van der Waals surface area (Å²) >= 11 is 5.54. The van der Waals surface area contributed by atoms with Crippen molar-refractivity contribution in [2.45, 2.75) is 19.0 Å². The van der Waals surface area contributed by atoms with Gasteiger partial charge < -0.3 is 20.5 Å². The van der Waals surface area contributed by atoms with Crippen LogP contribution in [0.1, 0.15) is 29.0 Å². The Labute approximate surface area is 174 Å². The van der Waals surface area contributed by atoms with Crippen molar-refractivity contribution in [3.8, 4) is 5.75 Å². The normalized spacial score (nSPS) is 11.8. The topological polar surface area (TPSA) is 113 Å². The van der Waals surface area contributed by atoms with Gasteiger partial charge in [-0.15, -0.1) is 0 Å². The first-order valence-electron chi connectivity index (χ1n) is 8.67. The summed E-state index contributed by atoms with van der Waals surface area (Å²) in [5.74, 6) is -1.73. The number of nitrogens with zero attached hydrogens (tertiary/aromatic N) is 2. The molecule has 1 aromatic carbocycles. The van der Waals surface area contributed by atoms with Gasteiger partial charge in [0.25, 0.3) is 18.2 Å². The van der Waals surface area contributed by atoms with Gasteiger partial charge in [-0.3, -0.25) is 14.6 Å². The fraction of sp³-hybridized carbons (Fsp3) is 0.333. The molecule has 30 heavy (non-hydrogen) atoms. The molecular weight excluding hydrogens is 429 g/mol. The van der Waals surface area contributed by atoms with Gasteiger partial charge in [0.05, 0.1) is 23.5 Å². The van der Waals surface area contributed by atoms with Crippen LogP contribution in [-0.4, -0.2) is 52.7 Å². The number of hydrogen-bond acceptors (Lipinski definition) is 6. The highest BCUT2D eigenvalue weighted by Crippen LogP contribution is 2.20. The Bertz CT molecular complexity index is 871. The molecule has 2 rings (SSSR count). The Kier molecular flexibility index (Phi) is 8.81. The fourth-order valence-electron chi connectivity index (χ4n) is 2.11. The second-order valence-electron chi connectivity index (χ2n) is 5.99. The summed E-state index contributed by atoms with van der Waals surface area (Å²) in [6.07, 6.45) is -1.89. The molecule has 0 fully saturated rings. The third-order valence-corrected chi connectivity index (χ3v) is 3.99. The van der Waals surface area contributed by atoms with Crippen molar-refractivity contribution in [3.05, 3.63) is 52.8 Å². The van der Waals surface area contributed by atoms with E-state index >= 15 is 0 Å². The number of ether oxygens (including phenoxy) is 1. The number of hydrogen-bond donors (Lipinski definition) is 3. The van der Waals surface area contributed by atoms with E-state index in [1.165, 1.54) is 12.1 Å². The van der Waals surface area contributed by atoms with Gasteiger partial charge in [-0.05, 0) is 18.6 Å². The fourth-order valence-corrected chi connectivity index (χ4v) is 2.23. The van der Waals surface area contributed by atoms with Gasteiger partial charge in [-0.1, -0.05) is 11.6 Å². The number of benzene rings is 1. The van der Waals surface area contributed by atoms with Crippen molar-refractivity contribution in [3.63, 3.8) is 0 Å². The van der Waals surface area contributed by atoms with E-state index in [-0.39, 0.29) is 36.0 Å². The second-order valence-corrected chi connectivity index (χ2v) is 6.40. The average Bonchev–Trinajstić information content (AvgIpc) is 2.73. The van der Waals surface area contributed by atoms with Crippen molar-refractivity contribution in [2.75, 3.05) is 19.7 Å². The molecule has 0 saturated carbocycles. The standard InChI is InChI=1S/C18H18ClF3N4O4/c19-12-2-1-11(5-13(12)20)30-9-16(28)26-6-10(27)3-4-23-18(29)15-8-24-14(7-25-15)17(21)22/h1-2,5,7-8,10,17,27H,3-4,6,9H2,(H,23,29)(H,26,28)/t10-/m0/s1. The van der Waals surface area contributed by atoms with E-state index in [0.29, 0.717) is 0 Å². The van der Waals surface area contributed by atoms with Gasteiger partial charge in [-0.25, -0.2) is 18.2 Å². The molecule has 8 nitrogen and oxygen atoms in total. The molecule has 0 unspecified atom stereocenters. The zero-order chi connectivity index (χ0) is 22.1. The van der Waals surface area contributed by atoms with Crippen LogP contribution >= 0.6 is 11.6 Å². The molecule has 12 heteroatoms. The third kappa shape index (κ3) is 7.48. The van der Waals surface area contributed by atoms with Crippen LogP contribution in [0.25, 0.3) is 0 Å². The molecule has 3 N–H and O–H groups in total. The summed E-state index contributed by atoms with van der Waals surface area (Å²) in [6.45, 7) is -0.442. The van der Waals surface area contributed by atoms with Gasteiger partial charge in [0.15, 0.2) is 6.61 Å². The molecule has 162 valence electrons. The minimum absolute atomic E-state index is 0.0503. The van der Waals surface area contributed by atoms with Gasteiger partial charge in [0.2, 0.25) is 0 Å². The third-order valence-electron chi connectivity index (χ3n) is 3.69. The molecule has 2 amide bonds. The largest absolute Gasteiger partial charge is 0.484 e. The maximum absolute atomic E-state index is 13.3. The highest BCUT2D eigenvalue weighted by Gasteiger charge is 2.13. The van der Waals surface area contributed by atoms with E-state index in [1.807, 2.05) is 0 Å². The first-order chi connectivity index (χ1) is 14.3. The highest BCUT2D eigenvalue weighted by atomic mass is 35.5. The molecule has 0 aliphatic carbocycles. The number of halogens is 4. The van der Waals surface area contributed by atoms with Gasteiger partial charge in [-0.2, -0.15) is 0 Å². The van der Waals surface area contributed by atoms with Crippen molar-refractivity contribution in [1.82, 2.24) is 20.6 Å². The van der Waals surface area contributed by atoms with Gasteiger partial charge in [0.1, 0.15) is 23.0 Å². The lowest BCUT2D eigenvalue weighted by atomic mass is 10.2. The number of aliphatic hydroxyl groups excluding tert-OH is 1. The Hall–Kier alpha value is -2.92. The molecular formula is C18H18ClF3N4O4. The summed E-state index contributed by atoms with van der Waals surface area (Å²) in [5, 5.41) is 14.7. The molecule has 2 aromatic rings. The van der Waals surface area contributed by atoms with Crippen LogP contribution < -0.4 is 15.4 Å². The van der Waals surface area contributed by atoms with Crippen LogP contribution in [0.2, 0.25) is 5.02 Å². The number of alkyl halides is 2. The molecule has 0 radical (unpaired) electrons. The summed E-state index contributed by atoms with van der Waals surface area (Å²) in [4.78, 5) is 30.6. The summed E-state index contributed by atoms with van der Waals surface area (Å²) in [6, 6.07) is 3.74. The predicted molar refractivity (Wildman–Crippen MR) is 99.9 cm³/mol. The highest BCUT2D eigenvalue weighted by molar-refractivity contribution is 6.30. The van der Waals surface area contributed by atoms with Crippen molar-refractivity contribution >= 4 is 23.4 Å². The summed E-state index contributed by atoms with van der Waals surface area (Å²) < 4.78 is 43.2. The van der Waals surface area contributed by atoms with Crippen LogP contribution in [0.15, 0.2) is 30.6 Å². The van der Waals surface area contributed by atoms with E-state index < -0.39 is 42.5 Å². The molecule has 1 heterocycles. The average molecular weight is 447 g/mol. The minimum atomic E-state index is -2.78. The zero-order valence-electron chi connectivity index (χ0n) is 15.4. The smallest absolute Gasteiger partial charge is 0.281 e. The molecule has 0 saturated heterocycles. The quantitative estimate of drug-likeness (QED) is 0.513. The van der Waals surface area contributed by atoms with Crippen molar-refractivity contribution in [2.24, 2.45) is 0 Å². The first kappa shape index (κ1) is 23.4. The number of carbonyl (C=O) groups excluding carboxylic acids is 2. The maximum atomic E-state index is 13.3. The van der Waals surface area contributed by atoms with Crippen LogP contribution in [0.4, 0.5) is 13.2 Å². The Balaban J connectivity index is 1.64. The minimum Gasteiger partial charge on any atom is -0.484 e. The second kappa shape index (κ2) is 11.3. The molecule has 0 bridgehead atoms. The predicted octanol–water partition coefficient (Wildman–Crippen LogP) is 1.88. The zero-order valence-corrected chi connectivity index (χ0v) is 16.2. The lowest BCUT2D eigenvalue weighted by molar-refractivity contribution is -0.123. The van der Waals surface area contributed by atoms with Crippen LogP contribution in [0.3, 0.4) is 0 Å². The van der Waals surface area contributed by atoms with E-state index in [4.69, 9.17) is 16.3 Å². The van der Waals surface area contributed by atoms with Gasteiger partial charge >= 0.3 is 0 Å². The maximum Gasteiger partial charge on any atom is 0.281 e. The molecule has 0 aliphatic heterocycles. The summed E-state index contributed by atoms with van der Waals surface area (Å²) in [5.41, 5.74) is -0.680. The molecule has 0 aliphatic rings. The van der Waals surface area contributed by atoms with Crippen molar-refractivity contribution in [1.29, 1.82) is 0 Å². The van der Waals surface area contributed by atoms with Crippen molar-refractivity contribution < 1.29 is 32.6 Å². The van der Waals surface area contributed by atoms with E-state index in [9.17, 15) is 27.9 Å². The van der Waals surface area contributed by atoms with Crippen LogP contribution in [0, 0.1) is 5.82 Å². The molecule has 0 spiro atoms. The van der Waals surface area contributed by atoms with Crippen LogP contribution in [-0.2, 0) is 4.79 Å². The Morgan fingerprint density at radius 1 is 1.20 bits per heavy atom. The van der Waals surface area contributed by atoms with E-state index in [0.717, 1.165) is 18.5 Å². The molecule has 1 aromatic heterocycles. The monoisotopic (exact) mass is 446 g/mol. The Morgan fingerprint density at radius 3 is 2.60 bits per heavy atom. The summed E-state index contributed by atoms with van der Waals surface area (Å²) in [7, 11) is 0. The molecule has 1 atom stereocenters. The first-order valence-corrected chi connectivity index (χ1v) is 9.05. The number of rotatable bonds is 10.